The van der Waals surface area contributed by atoms with Gasteiger partial charge in [-0.15, -0.1) is 0 Å². The van der Waals surface area contributed by atoms with Gasteiger partial charge in [0.25, 0.3) is 0 Å². The smallest absolute Gasteiger partial charge is 0.337 e. The average molecular weight is 291 g/mol. The number of H-pyrrole nitrogens is 1. The Morgan fingerprint density at radius 3 is 2.81 bits per heavy atom. The number of rotatable bonds is 6. The van der Waals surface area contributed by atoms with Crippen molar-refractivity contribution < 1.29 is 9.90 Å². The molecule has 0 aliphatic heterocycles. The van der Waals surface area contributed by atoms with Gasteiger partial charge in [-0.2, -0.15) is 0 Å². The molecule has 0 amide bonds. The fraction of sp³-hybridized carbons (Fsp3) is 0.467. The van der Waals surface area contributed by atoms with Crippen molar-refractivity contribution in [1.29, 1.82) is 0 Å². The number of carboxylic acid groups (broad SMARTS) is 1. The van der Waals surface area contributed by atoms with Crippen molar-refractivity contribution in [1.82, 2.24) is 14.5 Å². The molecule has 0 aliphatic rings. The maximum Gasteiger partial charge on any atom is 0.337 e. The highest BCUT2D eigenvalue weighted by Crippen LogP contribution is 2.15. The molecular weight excluding hydrogens is 270 g/mol. The van der Waals surface area contributed by atoms with Crippen LogP contribution in [0, 0.1) is 0 Å². The molecule has 0 saturated carbocycles. The van der Waals surface area contributed by atoms with E-state index in [9.17, 15) is 9.59 Å². The first-order valence-corrected chi connectivity index (χ1v) is 7.10. The van der Waals surface area contributed by atoms with Crippen molar-refractivity contribution in [3.8, 4) is 0 Å². The first-order valence-electron chi connectivity index (χ1n) is 7.10. The molecule has 2 rings (SSSR count). The summed E-state index contributed by atoms with van der Waals surface area (Å²) in [7, 11) is 2.02. The van der Waals surface area contributed by atoms with E-state index >= 15 is 0 Å². The zero-order valence-electron chi connectivity index (χ0n) is 12.6. The zero-order valence-corrected chi connectivity index (χ0v) is 12.6. The third-order valence-corrected chi connectivity index (χ3v) is 4.06. The van der Waals surface area contributed by atoms with Gasteiger partial charge < -0.3 is 15.0 Å². The van der Waals surface area contributed by atoms with Gasteiger partial charge in [-0.3, -0.25) is 4.57 Å². The molecule has 0 bridgehead atoms. The number of aromatic amines is 1. The number of likely N-dealkylation sites (N-methyl/N-ethyl adjacent to an activating group) is 1. The summed E-state index contributed by atoms with van der Waals surface area (Å²) in [4.78, 5) is 28.1. The molecule has 21 heavy (non-hydrogen) atoms. The van der Waals surface area contributed by atoms with Crippen LogP contribution in [0.4, 0.5) is 0 Å². The molecule has 1 aromatic carbocycles. The minimum Gasteiger partial charge on any atom is -0.478 e. The standard InChI is InChI=1S/C15H21N3O3/c1-4-10(2)17(3)8-9-18-12-7-5-6-11(14(19)20)13(12)16-15(18)21/h5-7,10H,4,8-9H2,1-3H3,(H,16,21)(H,19,20). The van der Waals surface area contributed by atoms with Crippen LogP contribution in [0.5, 0.6) is 0 Å². The molecule has 1 heterocycles. The number of nitrogens with zero attached hydrogens (tertiary/aromatic N) is 2. The second kappa shape index (κ2) is 6.13. The number of hydrogen-bond acceptors (Lipinski definition) is 3. The number of fused-ring (bicyclic) bond motifs is 1. The average Bonchev–Trinajstić information content (AvgIpc) is 2.78. The number of benzene rings is 1. The van der Waals surface area contributed by atoms with Gasteiger partial charge in [-0.05, 0) is 32.5 Å². The van der Waals surface area contributed by atoms with Crippen LogP contribution >= 0.6 is 0 Å². The van der Waals surface area contributed by atoms with Crippen LogP contribution < -0.4 is 5.69 Å². The van der Waals surface area contributed by atoms with Crippen molar-refractivity contribution in [2.24, 2.45) is 0 Å². The van der Waals surface area contributed by atoms with Crippen LogP contribution in [-0.2, 0) is 6.54 Å². The van der Waals surface area contributed by atoms with Crippen LogP contribution in [-0.4, -0.2) is 45.2 Å². The number of aromatic nitrogens is 2. The van der Waals surface area contributed by atoms with E-state index < -0.39 is 5.97 Å². The summed E-state index contributed by atoms with van der Waals surface area (Å²) >= 11 is 0. The first-order chi connectivity index (χ1) is 9.95. The van der Waals surface area contributed by atoms with E-state index in [-0.39, 0.29) is 11.3 Å². The Labute approximate surface area is 123 Å². The van der Waals surface area contributed by atoms with Crippen molar-refractivity contribution in [2.75, 3.05) is 13.6 Å². The molecule has 1 unspecified atom stereocenters. The van der Waals surface area contributed by atoms with E-state index in [1.807, 2.05) is 7.05 Å². The lowest BCUT2D eigenvalue weighted by Gasteiger charge is -2.23. The van der Waals surface area contributed by atoms with Crippen molar-refractivity contribution in [3.63, 3.8) is 0 Å². The minimum absolute atomic E-state index is 0.124. The van der Waals surface area contributed by atoms with Crippen LogP contribution in [0.3, 0.4) is 0 Å². The summed E-state index contributed by atoms with van der Waals surface area (Å²) in [5.74, 6) is -1.04. The predicted molar refractivity (Wildman–Crippen MR) is 81.9 cm³/mol. The van der Waals surface area contributed by atoms with Crippen molar-refractivity contribution in [3.05, 3.63) is 34.2 Å². The van der Waals surface area contributed by atoms with Crippen LogP contribution in [0.2, 0.25) is 0 Å². The summed E-state index contributed by atoms with van der Waals surface area (Å²) < 4.78 is 1.60. The Bertz CT molecular complexity index is 702. The van der Waals surface area contributed by atoms with Crippen molar-refractivity contribution in [2.45, 2.75) is 32.9 Å². The fourth-order valence-electron chi connectivity index (χ4n) is 2.37. The van der Waals surface area contributed by atoms with E-state index in [0.29, 0.717) is 23.6 Å². The summed E-state index contributed by atoms with van der Waals surface area (Å²) in [6.45, 7) is 5.53. The molecule has 0 aliphatic carbocycles. The lowest BCUT2D eigenvalue weighted by molar-refractivity contribution is 0.0699. The van der Waals surface area contributed by atoms with Gasteiger partial charge in [0.15, 0.2) is 0 Å². The number of para-hydroxylation sites is 1. The normalized spacial score (nSPS) is 13.0. The van der Waals surface area contributed by atoms with E-state index in [1.54, 1.807) is 16.7 Å². The Balaban J connectivity index is 2.33. The predicted octanol–water partition coefficient (Wildman–Crippen LogP) is 1.76. The highest BCUT2D eigenvalue weighted by molar-refractivity contribution is 6.00. The minimum atomic E-state index is -1.04. The molecule has 2 aromatic rings. The van der Waals surface area contributed by atoms with E-state index in [1.165, 1.54) is 6.07 Å². The molecule has 0 saturated heterocycles. The Kier molecular flexibility index (Phi) is 4.47. The van der Waals surface area contributed by atoms with Crippen molar-refractivity contribution >= 4 is 17.0 Å². The molecule has 1 aromatic heterocycles. The number of hydrogen-bond donors (Lipinski definition) is 2. The molecule has 6 heteroatoms. The monoisotopic (exact) mass is 291 g/mol. The number of aromatic carboxylic acids is 1. The summed E-state index contributed by atoms with van der Waals surface area (Å²) in [5, 5.41) is 9.17. The summed E-state index contributed by atoms with van der Waals surface area (Å²) in [5.41, 5.74) is 0.883. The van der Waals surface area contributed by atoms with Crippen LogP contribution in [0.25, 0.3) is 11.0 Å². The second-order valence-electron chi connectivity index (χ2n) is 5.32. The van der Waals surface area contributed by atoms with Gasteiger partial charge in [0.05, 0.1) is 16.6 Å². The molecule has 2 N–H and O–H groups in total. The lowest BCUT2D eigenvalue weighted by Crippen LogP contribution is -2.33. The second-order valence-corrected chi connectivity index (χ2v) is 5.32. The third-order valence-electron chi connectivity index (χ3n) is 4.06. The topological polar surface area (TPSA) is 78.3 Å². The van der Waals surface area contributed by atoms with Gasteiger partial charge in [0.2, 0.25) is 0 Å². The van der Waals surface area contributed by atoms with Crippen LogP contribution in [0.1, 0.15) is 30.6 Å². The number of carboxylic acids is 1. The fourth-order valence-corrected chi connectivity index (χ4v) is 2.37. The van der Waals surface area contributed by atoms with Gasteiger partial charge >= 0.3 is 11.7 Å². The molecule has 1 atom stereocenters. The molecular formula is C15H21N3O3. The number of carbonyl (C=O) groups is 1. The SMILES string of the molecule is CCC(C)N(C)CCn1c(=O)[nH]c2c(C(=O)O)cccc21. The summed E-state index contributed by atoms with van der Waals surface area (Å²) in [6, 6.07) is 5.37. The molecule has 0 spiro atoms. The Hall–Kier alpha value is -2.08. The van der Waals surface area contributed by atoms with Gasteiger partial charge in [0, 0.05) is 19.1 Å². The first kappa shape index (κ1) is 15.3. The molecule has 0 fully saturated rings. The van der Waals surface area contributed by atoms with Gasteiger partial charge in [-0.25, -0.2) is 9.59 Å². The number of imidazole rings is 1. The molecule has 0 radical (unpaired) electrons. The maximum absolute atomic E-state index is 12.1. The lowest BCUT2D eigenvalue weighted by atomic mass is 10.2. The third kappa shape index (κ3) is 3.00. The maximum atomic E-state index is 12.1. The Morgan fingerprint density at radius 2 is 2.19 bits per heavy atom. The highest BCUT2D eigenvalue weighted by atomic mass is 16.4. The highest BCUT2D eigenvalue weighted by Gasteiger charge is 2.15. The molecule has 114 valence electrons. The van der Waals surface area contributed by atoms with Gasteiger partial charge in [-0.1, -0.05) is 13.0 Å². The summed E-state index contributed by atoms with van der Waals surface area (Å²) in [6.07, 6.45) is 1.04. The Morgan fingerprint density at radius 1 is 1.48 bits per heavy atom. The molecule has 6 nitrogen and oxygen atoms in total. The van der Waals surface area contributed by atoms with Gasteiger partial charge in [0.1, 0.15) is 0 Å². The zero-order chi connectivity index (χ0) is 15.6. The van der Waals surface area contributed by atoms with E-state index in [2.05, 4.69) is 23.7 Å². The van der Waals surface area contributed by atoms with E-state index in [4.69, 9.17) is 5.11 Å². The van der Waals surface area contributed by atoms with Crippen LogP contribution in [0.15, 0.2) is 23.0 Å². The number of nitrogens with one attached hydrogen (secondary N) is 1. The quantitative estimate of drug-likeness (QED) is 0.850. The largest absolute Gasteiger partial charge is 0.478 e. The van der Waals surface area contributed by atoms with E-state index in [0.717, 1.165) is 13.0 Å².